The highest BCUT2D eigenvalue weighted by atomic mass is 32.1. The summed E-state index contributed by atoms with van der Waals surface area (Å²) in [5, 5.41) is 15.2. The fourth-order valence-electron chi connectivity index (χ4n) is 8.12. The molecule has 2 aromatic heterocycles. The Kier molecular flexibility index (Phi) is 4.78. The quantitative estimate of drug-likeness (QED) is 0.142. The normalized spacial score (nSPS) is 12.3. The molecule has 9 aromatic carbocycles. The molecule has 2 heteroatoms. The Hall–Kier alpha value is -5.70. The van der Waals surface area contributed by atoms with E-state index in [-0.39, 0.29) is 0 Å². The van der Waals surface area contributed by atoms with Crippen LogP contribution in [0, 0.1) is 0 Å². The molecular weight excluding hydrogens is 577 g/mol. The summed E-state index contributed by atoms with van der Waals surface area (Å²) in [7, 11) is 0. The van der Waals surface area contributed by atoms with Gasteiger partial charge in [0.1, 0.15) is 11.2 Å². The van der Waals surface area contributed by atoms with E-state index in [0.29, 0.717) is 0 Å². The summed E-state index contributed by atoms with van der Waals surface area (Å²) in [6.45, 7) is 0. The van der Waals surface area contributed by atoms with Crippen LogP contribution in [0.2, 0.25) is 0 Å². The Balaban J connectivity index is 1.34. The van der Waals surface area contributed by atoms with Gasteiger partial charge in [0.25, 0.3) is 0 Å². The Labute approximate surface area is 267 Å². The molecule has 0 saturated heterocycles. The predicted molar refractivity (Wildman–Crippen MR) is 199 cm³/mol. The molecule has 1 nitrogen and oxygen atoms in total. The van der Waals surface area contributed by atoms with Crippen LogP contribution in [-0.2, 0) is 0 Å². The summed E-state index contributed by atoms with van der Waals surface area (Å²) in [4.78, 5) is 0. The van der Waals surface area contributed by atoms with Gasteiger partial charge in [0.05, 0.1) is 0 Å². The monoisotopic (exact) mass is 600 g/mol. The SMILES string of the molecule is c1ccc2c(-c3c4ccccc4c(-c4ccc5oc6cccc7ccc4c5c76)c4ccccc34)c3sc4ccccc4c3cc2c1. The van der Waals surface area contributed by atoms with Crippen molar-refractivity contribution < 1.29 is 4.42 Å². The van der Waals surface area contributed by atoms with Crippen LogP contribution < -0.4 is 0 Å². The molecule has 0 saturated carbocycles. The van der Waals surface area contributed by atoms with E-state index in [2.05, 4.69) is 146 Å². The van der Waals surface area contributed by atoms with Crippen LogP contribution in [0.15, 0.2) is 150 Å². The average molecular weight is 601 g/mol. The third-order valence-corrected chi connectivity index (χ3v) is 11.2. The molecule has 0 unspecified atom stereocenters. The van der Waals surface area contributed by atoms with Crippen molar-refractivity contribution in [2.24, 2.45) is 0 Å². The summed E-state index contributed by atoms with van der Waals surface area (Å²) in [5.74, 6) is 0. The zero-order valence-electron chi connectivity index (χ0n) is 24.7. The highest BCUT2D eigenvalue weighted by molar-refractivity contribution is 7.26. The molecule has 0 aliphatic rings. The number of rotatable bonds is 2. The smallest absolute Gasteiger partial charge is 0.136 e. The minimum atomic E-state index is 0.943. The van der Waals surface area contributed by atoms with Crippen LogP contribution in [0.3, 0.4) is 0 Å². The van der Waals surface area contributed by atoms with Crippen LogP contribution >= 0.6 is 11.3 Å². The lowest BCUT2D eigenvalue weighted by Crippen LogP contribution is -1.92. The van der Waals surface area contributed by atoms with Gasteiger partial charge in [0.15, 0.2) is 0 Å². The minimum Gasteiger partial charge on any atom is -0.456 e. The number of benzene rings is 9. The van der Waals surface area contributed by atoms with Gasteiger partial charge in [0, 0.05) is 36.5 Å². The topological polar surface area (TPSA) is 13.1 Å². The summed E-state index contributed by atoms with van der Waals surface area (Å²) in [6, 6.07) is 53.5. The third-order valence-electron chi connectivity index (χ3n) is 10.0. The van der Waals surface area contributed by atoms with Gasteiger partial charge in [-0.2, -0.15) is 0 Å². The van der Waals surface area contributed by atoms with Crippen molar-refractivity contribution in [1.82, 2.24) is 0 Å². The molecule has 0 atom stereocenters. The molecule has 0 amide bonds. The number of hydrogen-bond donors (Lipinski definition) is 0. The van der Waals surface area contributed by atoms with Crippen LogP contribution in [0.4, 0.5) is 0 Å². The molecule has 11 aromatic rings. The van der Waals surface area contributed by atoms with Crippen molar-refractivity contribution in [3.8, 4) is 22.3 Å². The van der Waals surface area contributed by atoms with Gasteiger partial charge in [-0.1, -0.05) is 115 Å². The zero-order valence-corrected chi connectivity index (χ0v) is 25.5. The molecule has 0 bridgehead atoms. The van der Waals surface area contributed by atoms with E-state index < -0.39 is 0 Å². The maximum atomic E-state index is 6.36. The van der Waals surface area contributed by atoms with Crippen LogP contribution in [0.25, 0.3) is 107 Å². The Morgan fingerprint density at radius 2 is 1.00 bits per heavy atom. The second kappa shape index (κ2) is 8.94. The molecule has 212 valence electrons. The Morgan fingerprint density at radius 3 is 1.78 bits per heavy atom. The second-order valence-corrected chi connectivity index (χ2v) is 13.4. The van der Waals surface area contributed by atoms with Crippen molar-refractivity contribution in [2.75, 3.05) is 0 Å². The van der Waals surface area contributed by atoms with E-state index in [1.165, 1.54) is 96.3 Å². The Bertz CT molecular complexity index is 2970. The first-order chi connectivity index (χ1) is 22.8. The molecule has 0 N–H and O–H groups in total. The fraction of sp³-hybridized carbons (Fsp3) is 0. The molecule has 0 spiro atoms. The predicted octanol–water partition coefficient (Wildman–Crippen LogP) is 13.3. The van der Waals surface area contributed by atoms with Gasteiger partial charge in [0.2, 0.25) is 0 Å². The van der Waals surface area contributed by atoms with Crippen molar-refractivity contribution >= 4 is 96.5 Å². The highest BCUT2D eigenvalue weighted by Gasteiger charge is 2.23. The van der Waals surface area contributed by atoms with Gasteiger partial charge < -0.3 is 4.42 Å². The van der Waals surface area contributed by atoms with Gasteiger partial charge in [-0.15, -0.1) is 11.3 Å². The van der Waals surface area contributed by atoms with Crippen molar-refractivity contribution in [3.05, 3.63) is 146 Å². The largest absolute Gasteiger partial charge is 0.456 e. The van der Waals surface area contributed by atoms with Crippen molar-refractivity contribution in [1.29, 1.82) is 0 Å². The van der Waals surface area contributed by atoms with Crippen LogP contribution in [-0.4, -0.2) is 0 Å². The maximum absolute atomic E-state index is 6.36. The maximum Gasteiger partial charge on any atom is 0.136 e. The average Bonchev–Trinajstić information content (AvgIpc) is 3.68. The third kappa shape index (κ3) is 3.14. The molecule has 0 radical (unpaired) electrons. The number of thiophene rings is 1. The van der Waals surface area contributed by atoms with Crippen LogP contribution in [0.1, 0.15) is 0 Å². The van der Waals surface area contributed by atoms with Gasteiger partial charge in [-0.3, -0.25) is 0 Å². The molecule has 0 fully saturated rings. The molecule has 46 heavy (non-hydrogen) atoms. The summed E-state index contributed by atoms with van der Waals surface area (Å²) < 4.78 is 9.04. The first kappa shape index (κ1) is 24.6. The lowest BCUT2D eigenvalue weighted by molar-refractivity contribution is 0.669. The van der Waals surface area contributed by atoms with Crippen molar-refractivity contribution in [3.63, 3.8) is 0 Å². The number of fused-ring (bicyclic) bond motifs is 6. The first-order valence-corrected chi connectivity index (χ1v) is 16.6. The van der Waals surface area contributed by atoms with Gasteiger partial charge in [-0.05, 0) is 90.1 Å². The van der Waals surface area contributed by atoms with E-state index in [9.17, 15) is 0 Å². The van der Waals surface area contributed by atoms with E-state index in [0.717, 1.165) is 11.2 Å². The summed E-state index contributed by atoms with van der Waals surface area (Å²) in [5.41, 5.74) is 7.05. The molecule has 2 heterocycles. The van der Waals surface area contributed by atoms with E-state index >= 15 is 0 Å². The summed E-state index contributed by atoms with van der Waals surface area (Å²) in [6.07, 6.45) is 0. The minimum absolute atomic E-state index is 0.943. The lowest BCUT2D eigenvalue weighted by Gasteiger charge is -2.20. The first-order valence-electron chi connectivity index (χ1n) is 15.8. The van der Waals surface area contributed by atoms with E-state index in [1.54, 1.807) is 0 Å². The number of furan rings is 1. The molecular formula is C44H24OS. The highest BCUT2D eigenvalue weighted by Crippen LogP contribution is 2.51. The van der Waals surface area contributed by atoms with Gasteiger partial charge in [-0.25, -0.2) is 0 Å². The molecule has 11 rings (SSSR count). The lowest BCUT2D eigenvalue weighted by atomic mass is 9.83. The molecule has 0 aliphatic carbocycles. The van der Waals surface area contributed by atoms with E-state index in [4.69, 9.17) is 4.42 Å². The Morgan fingerprint density at radius 1 is 0.370 bits per heavy atom. The zero-order chi connectivity index (χ0) is 29.9. The standard InChI is InChI=1S/C44H24OS/c1-2-12-27-26(10-1)24-35-28-13-7-8-19-38(28)46-44(35)43(27)41-31-16-5-3-14-29(31)40(30-15-4-6-17-32(30)41)33-22-23-37-42-34(33)21-20-25-11-9-18-36(45-37)39(25)42/h1-24H. The summed E-state index contributed by atoms with van der Waals surface area (Å²) >= 11 is 1.91. The second-order valence-electron chi connectivity index (χ2n) is 12.3. The fourth-order valence-corrected chi connectivity index (χ4v) is 9.37. The van der Waals surface area contributed by atoms with E-state index in [1.807, 2.05) is 11.3 Å². The van der Waals surface area contributed by atoms with Gasteiger partial charge >= 0.3 is 0 Å². The van der Waals surface area contributed by atoms with Crippen molar-refractivity contribution in [2.45, 2.75) is 0 Å². The van der Waals surface area contributed by atoms with Crippen LogP contribution in [0.5, 0.6) is 0 Å². The molecule has 0 aliphatic heterocycles. The number of hydrogen-bond acceptors (Lipinski definition) is 2.